The van der Waals surface area contributed by atoms with Crippen LogP contribution >= 0.6 is 0 Å². The third-order valence-corrected chi connectivity index (χ3v) is 3.81. The molecule has 108 valence electrons. The van der Waals surface area contributed by atoms with E-state index in [0.29, 0.717) is 13.1 Å². The Bertz CT molecular complexity index is 559. The fourth-order valence-corrected chi connectivity index (χ4v) is 2.89. The monoisotopic (exact) mass is 278 g/mol. The van der Waals surface area contributed by atoms with E-state index in [1.807, 2.05) is 20.8 Å². The van der Waals surface area contributed by atoms with Crippen molar-refractivity contribution in [1.29, 1.82) is 0 Å². The zero-order chi connectivity index (χ0) is 14.5. The predicted octanol–water partition coefficient (Wildman–Crippen LogP) is 2.74. The highest BCUT2D eigenvalue weighted by Crippen LogP contribution is 2.43. The summed E-state index contributed by atoms with van der Waals surface area (Å²) in [6, 6.07) is 4.78. The molecule has 1 amide bonds. The molecule has 0 unspecified atom stereocenters. The topological polar surface area (TPSA) is 41.6 Å². The summed E-state index contributed by atoms with van der Waals surface area (Å²) >= 11 is 0. The number of halogens is 1. The molecule has 1 aromatic carbocycles. The number of carbonyl (C=O) groups is 1. The van der Waals surface area contributed by atoms with Gasteiger partial charge in [0, 0.05) is 25.3 Å². The van der Waals surface area contributed by atoms with Gasteiger partial charge in [-0.2, -0.15) is 0 Å². The minimum absolute atomic E-state index is 0.158. The van der Waals surface area contributed by atoms with Gasteiger partial charge in [-0.1, -0.05) is 0 Å². The number of hydrogen-bond acceptors (Lipinski definition) is 3. The lowest BCUT2D eigenvalue weighted by Crippen LogP contribution is -2.62. The van der Waals surface area contributed by atoms with Crippen LogP contribution in [0.15, 0.2) is 18.2 Å². The van der Waals surface area contributed by atoms with Crippen molar-refractivity contribution < 1.29 is 13.9 Å². The molecule has 20 heavy (non-hydrogen) atoms. The van der Waals surface area contributed by atoms with Crippen LogP contribution in [0.4, 0.5) is 14.9 Å². The molecular formula is C15H19FN2O2. The Labute approximate surface area is 117 Å². The van der Waals surface area contributed by atoms with Gasteiger partial charge in [-0.3, -0.25) is 0 Å². The summed E-state index contributed by atoms with van der Waals surface area (Å²) in [5.41, 5.74) is 1.29. The standard InChI is InChI=1S/C15H19FN2O2/c1-14(2,3)20-13(19)18-8-15(9-18)7-17-12-5-4-10(16)6-11(12)15/h4-6,17H,7-9H2,1-3H3. The van der Waals surface area contributed by atoms with Crippen molar-refractivity contribution in [3.05, 3.63) is 29.6 Å². The first-order valence-electron chi connectivity index (χ1n) is 6.81. The Balaban J connectivity index is 1.72. The molecule has 3 rings (SSSR count). The van der Waals surface area contributed by atoms with E-state index in [1.165, 1.54) is 6.07 Å². The molecule has 1 saturated heterocycles. The van der Waals surface area contributed by atoms with E-state index in [0.717, 1.165) is 17.8 Å². The highest BCUT2D eigenvalue weighted by molar-refractivity contribution is 5.72. The van der Waals surface area contributed by atoms with Gasteiger partial charge in [-0.15, -0.1) is 0 Å². The van der Waals surface area contributed by atoms with Gasteiger partial charge < -0.3 is 15.0 Å². The van der Waals surface area contributed by atoms with Crippen LogP contribution in [0.2, 0.25) is 0 Å². The summed E-state index contributed by atoms with van der Waals surface area (Å²) in [4.78, 5) is 13.6. The highest BCUT2D eigenvalue weighted by atomic mass is 19.1. The Kier molecular flexibility index (Phi) is 2.71. The summed E-state index contributed by atoms with van der Waals surface area (Å²) in [7, 11) is 0. The first kappa shape index (κ1) is 13.2. The molecule has 0 aromatic heterocycles. The van der Waals surface area contributed by atoms with Crippen molar-refractivity contribution in [2.75, 3.05) is 25.0 Å². The Hall–Kier alpha value is -1.78. The number of benzene rings is 1. The van der Waals surface area contributed by atoms with Crippen LogP contribution in [0.1, 0.15) is 26.3 Å². The quantitative estimate of drug-likeness (QED) is 0.793. The van der Waals surface area contributed by atoms with Crippen molar-refractivity contribution in [3.8, 4) is 0 Å². The second-order valence-electron chi connectivity index (χ2n) is 6.66. The zero-order valence-electron chi connectivity index (χ0n) is 12.0. The summed E-state index contributed by atoms with van der Waals surface area (Å²) < 4.78 is 18.8. The minimum Gasteiger partial charge on any atom is -0.444 e. The zero-order valence-corrected chi connectivity index (χ0v) is 12.0. The van der Waals surface area contributed by atoms with Crippen LogP contribution in [0.3, 0.4) is 0 Å². The van der Waals surface area contributed by atoms with Crippen LogP contribution in [-0.4, -0.2) is 36.2 Å². The van der Waals surface area contributed by atoms with E-state index in [9.17, 15) is 9.18 Å². The molecule has 1 aromatic rings. The average Bonchev–Trinajstić information content (AvgIpc) is 2.63. The van der Waals surface area contributed by atoms with Crippen molar-refractivity contribution in [2.45, 2.75) is 31.8 Å². The van der Waals surface area contributed by atoms with Gasteiger partial charge in [0.05, 0.1) is 5.41 Å². The first-order chi connectivity index (χ1) is 9.29. The van der Waals surface area contributed by atoms with Crippen LogP contribution in [0.5, 0.6) is 0 Å². The van der Waals surface area contributed by atoms with Gasteiger partial charge in [0.15, 0.2) is 0 Å². The number of anilines is 1. The molecule has 0 atom stereocenters. The molecule has 1 fully saturated rings. The molecule has 2 aliphatic heterocycles. The third kappa shape index (κ3) is 2.11. The number of rotatable bonds is 0. The molecule has 0 saturated carbocycles. The maximum absolute atomic E-state index is 13.4. The van der Waals surface area contributed by atoms with Crippen LogP contribution in [-0.2, 0) is 10.2 Å². The van der Waals surface area contributed by atoms with Crippen molar-refractivity contribution in [1.82, 2.24) is 4.90 Å². The van der Waals surface area contributed by atoms with Gasteiger partial charge in [-0.05, 0) is 44.5 Å². The van der Waals surface area contributed by atoms with Crippen molar-refractivity contribution >= 4 is 11.8 Å². The normalized spacial score (nSPS) is 19.3. The van der Waals surface area contributed by atoms with Crippen LogP contribution in [0.25, 0.3) is 0 Å². The minimum atomic E-state index is -0.488. The summed E-state index contributed by atoms with van der Waals surface area (Å²) in [6.45, 7) is 7.44. The van der Waals surface area contributed by atoms with Gasteiger partial charge in [0.1, 0.15) is 11.4 Å². The fourth-order valence-electron chi connectivity index (χ4n) is 2.89. The fraction of sp³-hybridized carbons (Fsp3) is 0.533. The van der Waals surface area contributed by atoms with Gasteiger partial charge >= 0.3 is 6.09 Å². The maximum atomic E-state index is 13.4. The van der Waals surface area contributed by atoms with E-state index in [4.69, 9.17) is 4.74 Å². The Morgan fingerprint density at radius 1 is 1.40 bits per heavy atom. The predicted molar refractivity (Wildman–Crippen MR) is 74.4 cm³/mol. The SMILES string of the molecule is CC(C)(C)OC(=O)N1CC2(CNc3ccc(F)cc32)C1. The molecule has 0 bridgehead atoms. The number of carbonyl (C=O) groups excluding carboxylic acids is 1. The lowest BCUT2D eigenvalue weighted by Gasteiger charge is -2.47. The van der Waals surface area contributed by atoms with E-state index in [1.54, 1.807) is 17.0 Å². The summed E-state index contributed by atoms with van der Waals surface area (Å²) in [5, 5.41) is 3.28. The third-order valence-electron chi connectivity index (χ3n) is 3.81. The molecule has 2 heterocycles. The van der Waals surface area contributed by atoms with Crippen molar-refractivity contribution in [2.24, 2.45) is 0 Å². The molecule has 4 nitrogen and oxygen atoms in total. The second kappa shape index (κ2) is 4.11. The van der Waals surface area contributed by atoms with Gasteiger partial charge in [-0.25, -0.2) is 9.18 Å². The molecule has 0 aliphatic carbocycles. The highest BCUT2D eigenvalue weighted by Gasteiger charge is 2.51. The maximum Gasteiger partial charge on any atom is 0.410 e. The smallest absolute Gasteiger partial charge is 0.410 e. The number of amides is 1. The number of likely N-dealkylation sites (tertiary alicyclic amines) is 1. The molecule has 2 aliphatic rings. The lowest BCUT2D eigenvalue weighted by molar-refractivity contribution is -0.00630. The van der Waals surface area contributed by atoms with Crippen LogP contribution in [0, 0.1) is 5.82 Å². The number of fused-ring (bicyclic) bond motifs is 2. The van der Waals surface area contributed by atoms with Gasteiger partial charge in [0.25, 0.3) is 0 Å². The Morgan fingerprint density at radius 2 is 2.10 bits per heavy atom. The van der Waals surface area contributed by atoms with E-state index < -0.39 is 5.60 Å². The summed E-state index contributed by atoms with van der Waals surface area (Å²) in [5.74, 6) is -0.234. The molecule has 0 radical (unpaired) electrons. The van der Waals surface area contributed by atoms with Crippen molar-refractivity contribution in [3.63, 3.8) is 0 Å². The number of nitrogens with one attached hydrogen (secondary N) is 1. The van der Waals surface area contributed by atoms with Gasteiger partial charge in [0.2, 0.25) is 0 Å². The number of hydrogen-bond donors (Lipinski definition) is 1. The largest absolute Gasteiger partial charge is 0.444 e. The number of ether oxygens (including phenoxy) is 1. The molecule has 1 spiro atoms. The van der Waals surface area contributed by atoms with E-state index in [2.05, 4.69) is 5.32 Å². The second-order valence-corrected chi connectivity index (χ2v) is 6.66. The van der Waals surface area contributed by atoms with Crippen LogP contribution < -0.4 is 5.32 Å². The molecular weight excluding hydrogens is 259 g/mol. The Morgan fingerprint density at radius 3 is 2.75 bits per heavy atom. The number of nitrogens with zero attached hydrogens (tertiary/aromatic N) is 1. The average molecular weight is 278 g/mol. The lowest BCUT2D eigenvalue weighted by atomic mass is 9.75. The molecule has 5 heteroatoms. The first-order valence-corrected chi connectivity index (χ1v) is 6.81. The van der Waals surface area contributed by atoms with E-state index >= 15 is 0 Å². The van der Waals surface area contributed by atoms with E-state index in [-0.39, 0.29) is 17.3 Å². The summed E-state index contributed by atoms with van der Waals surface area (Å²) in [6.07, 6.45) is -0.298. The molecule has 1 N–H and O–H groups in total.